The summed E-state index contributed by atoms with van der Waals surface area (Å²) in [6.07, 6.45) is 0. The summed E-state index contributed by atoms with van der Waals surface area (Å²) in [7, 11) is 0. The molecule has 168 valence electrons. The molecule has 4 aromatic rings. The molecule has 0 radical (unpaired) electrons. The minimum Gasteiger partial charge on any atom is -0.352 e. The van der Waals surface area contributed by atoms with Gasteiger partial charge < -0.3 is 9.80 Å². The Morgan fingerprint density at radius 2 is 1.67 bits per heavy atom. The van der Waals surface area contributed by atoms with E-state index in [0.717, 1.165) is 22.6 Å². The van der Waals surface area contributed by atoms with Crippen LogP contribution in [0.3, 0.4) is 0 Å². The van der Waals surface area contributed by atoms with E-state index >= 15 is 0 Å². The Morgan fingerprint density at radius 3 is 2.36 bits per heavy atom. The summed E-state index contributed by atoms with van der Waals surface area (Å²) in [6.45, 7) is 6.12. The standard InChI is InChI=1S/C24H22ClFN6O/c1-15-21-22(27-16(2)28-23(21)32(29-15)20-6-4-3-5-19(20)25)30-11-13-31(14-12-30)24(33)17-7-9-18(26)10-8-17/h3-10H,11-14H2,1-2H3. The molecule has 1 saturated heterocycles. The van der Waals surface area contributed by atoms with Gasteiger partial charge >= 0.3 is 0 Å². The van der Waals surface area contributed by atoms with Gasteiger partial charge in [0, 0.05) is 31.7 Å². The number of carbonyl (C=O) groups excluding carboxylic acids is 1. The quantitative estimate of drug-likeness (QED) is 0.455. The number of aromatic nitrogens is 4. The maximum Gasteiger partial charge on any atom is 0.253 e. The summed E-state index contributed by atoms with van der Waals surface area (Å²) in [4.78, 5) is 26.2. The molecule has 1 aliphatic rings. The molecule has 0 atom stereocenters. The van der Waals surface area contributed by atoms with Crippen LogP contribution in [0.25, 0.3) is 16.7 Å². The lowest BCUT2D eigenvalue weighted by atomic mass is 10.1. The highest BCUT2D eigenvalue weighted by molar-refractivity contribution is 6.32. The molecule has 2 aromatic carbocycles. The Bertz CT molecular complexity index is 1350. The number of hydrogen-bond acceptors (Lipinski definition) is 5. The first-order chi connectivity index (χ1) is 15.9. The molecular weight excluding hydrogens is 443 g/mol. The number of fused-ring (bicyclic) bond motifs is 1. The molecule has 0 bridgehead atoms. The van der Waals surface area contributed by atoms with Gasteiger partial charge in [-0.05, 0) is 50.2 Å². The molecule has 7 nitrogen and oxygen atoms in total. The summed E-state index contributed by atoms with van der Waals surface area (Å²) in [5.74, 6) is 0.992. The molecule has 0 spiro atoms. The number of hydrogen-bond donors (Lipinski definition) is 0. The van der Waals surface area contributed by atoms with E-state index in [1.54, 1.807) is 9.58 Å². The minimum atomic E-state index is -0.354. The van der Waals surface area contributed by atoms with Crippen LogP contribution < -0.4 is 4.90 Å². The number of halogens is 2. The fourth-order valence-corrected chi connectivity index (χ4v) is 4.40. The van der Waals surface area contributed by atoms with Gasteiger partial charge in [-0.1, -0.05) is 23.7 Å². The number of para-hydroxylation sites is 1. The predicted octanol–water partition coefficient (Wildman–Crippen LogP) is 4.19. The normalized spacial score (nSPS) is 14.2. The van der Waals surface area contributed by atoms with E-state index < -0.39 is 0 Å². The average Bonchev–Trinajstić information content (AvgIpc) is 3.15. The van der Waals surface area contributed by atoms with Crippen LogP contribution in [0, 0.1) is 19.7 Å². The Kier molecular flexibility index (Phi) is 5.46. The fraction of sp³-hybridized carbons (Fsp3) is 0.250. The molecule has 2 aromatic heterocycles. The first kappa shape index (κ1) is 21.3. The third-order valence-electron chi connectivity index (χ3n) is 5.83. The molecule has 0 saturated carbocycles. The van der Waals surface area contributed by atoms with Crippen LogP contribution in [0.4, 0.5) is 10.2 Å². The smallest absolute Gasteiger partial charge is 0.253 e. The molecule has 0 unspecified atom stereocenters. The van der Waals surface area contributed by atoms with E-state index in [9.17, 15) is 9.18 Å². The summed E-state index contributed by atoms with van der Waals surface area (Å²) in [5.41, 5.74) is 2.76. The van der Waals surface area contributed by atoms with Crippen molar-refractivity contribution in [2.75, 3.05) is 31.1 Å². The number of benzene rings is 2. The summed E-state index contributed by atoms with van der Waals surface area (Å²) in [6, 6.07) is 13.2. The van der Waals surface area contributed by atoms with E-state index in [1.807, 2.05) is 38.1 Å². The SMILES string of the molecule is Cc1nc(N2CCN(C(=O)c3ccc(F)cc3)CC2)c2c(C)nn(-c3ccccc3Cl)c2n1. The summed E-state index contributed by atoms with van der Waals surface area (Å²) >= 11 is 6.43. The highest BCUT2D eigenvalue weighted by Gasteiger charge is 2.26. The average molecular weight is 465 g/mol. The number of nitrogens with zero attached hydrogens (tertiary/aromatic N) is 6. The van der Waals surface area contributed by atoms with E-state index in [0.29, 0.717) is 48.2 Å². The van der Waals surface area contributed by atoms with Crippen molar-refractivity contribution in [3.05, 3.63) is 76.5 Å². The zero-order valence-electron chi connectivity index (χ0n) is 18.3. The highest BCUT2D eigenvalue weighted by atomic mass is 35.5. The second-order valence-corrected chi connectivity index (χ2v) is 8.44. The van der Waals surface area contributed by atoms with Gasteiger partial charge in [0.25, 0.3) is 5.91 Å². The first-order valence-electron chi connectivity index (χ1n) is 10.7. The van der Waals surface area contributed by atoms with Gasteiger partial charge in [-0.25, -0.2) is 19.0 Å². The highest BCUT2D eigenvalue weighted by Crippen LogP contribution is 2.31. The zero-order valence-corrected chi connectivity index (χ0v) is 19.1. The Morgan fingerprint density at radius 1 is 0.970 bits per heavy atom. The molecule has 0 aliphatic carbocycles. The van der Waals surface area contributed by atoms with Gasteiger partial charge in [0.05, 0.1) is 21.8 Å². The van der Waals surface area contributed by atoms with Crippen molar-refractivity contribution in [1.82, 2.24) is 24.6 Å². The van der Waals surface area contributed by atoms with Crippen molar-refractivity contribution in [1.29, 1.82) is 0 Å². The van der Waals surface area contributed by atoms with Crippen molar-refractivity contribution in [3.8, 4) is 5.69 Å². The van der Waals surface area contributed by atoms with Gasteiger partial charge in [0.1, 0.15) is 17.5 Å². The topological polar surface area (TPSA) is 67.2 Å². The molecule has 1 amide bonds. The third-order valence-corrected chi connectivity index (χ3v) is 6.15. The van der Waals surface area contributed by atoms with E-state index in [-0.39, 0.29) is 11.7 Å². The van der Waals surface area contributed by atoms with Crippen LogP contribution in [0.15, 0.2) is 48.5 Å². The van der Waals surface area contributed by atoms with Crippen molar-refractivity contribution < 1.29 is 9.18 Å². The lowest BCUT2D eigenvalue weighted by Gasteiger charge is -2.35. The maximum atomic E-state index is 13.2. The molecule has 5 rings (SSSR count). The van der Waals surface area contributed by atoms with E-state index in [1.165, 1.54) is 24.3 Å². The minimum absolute atomic E-state index is 0.0959. The van der Waals surface area contributed by atoms with Crippen molar-refractivity contribution >= 4 is 34.4 Å². The van der Waals surface area contributed by atoms with Crippen molar-refractivity contribution in [2.24, 2.45) is 0 Å². The molecular formula is C24H22ClFN6O. The fourth-order valence-electron chi connectivity index (χ4n) is 4.18. The summed E-state index contributed by atoms with van der Waals surface area (Å²) < 4.78 is 15.0. The van der Waals surface area contributed by atoms with Crippen LogP contribution in [0.2, 0.25) is 5.02 Å². The van der Waals surface area contributed by atoms with Gasteiger partial charge in [0.15, 0.2) is 5.65 Å². The van der Waals surface area contributed by atoms with E-state index in [4.69, 9.17) is 21.7 Å². The van der Waals surface area contributed by atoms with Crippen molar-refractivity contribution in [2.45, 2.75) is 13.8 Å². The van der Waals surface area contributed by atoms with Gasteiger partial charge in [-0.2, -0.15) is 5.10 Å². The number of amides is 1. The Balaban J connectivity index is 1.45. The lowest BCUT2D eigenvalue weighted by molar-refractivity contribution is 0.0746. The van der Waals surface area contributed by atoms with Gasteiger partial charge in [-0.15, -0.1) is 0 Å². The predicted molar refractivity (Wildman–Crippen MR) is 126 cm³/mol. The second kappa shape index (κ2) is 8.44. The van der Waals surface area contributed by atoms with Gasteiger partial charge in [-0.3, -0.25) is 4.79 Å². The van der Waals surface area contributed by atoms with Crippen molar-refractivity contribution in [3.63, 3.8) is 0 Å². The first-order valence-corrected chi connectivity index (χ1v) is 11.1. The third kappa shape index (κ3) is 3.91. The number of aryl methyl sites for hydroxylation is 2. The lowest BCUT2D eigenvalue weighted by Crippen LogP contribution is -2.49. The molecule has 1 fully saturated rings. The molecule has 33 heavy (non-hydrogen) atoms. The largest absolute Gasteiger partial charge is 0.352 e. The van der Waals surface area contributed by atoms with Crippen LogP contribution >= 0.6 is 11.6 Å². The maximum absolute atomic E-state index is 13.2. The monoisotopic (exact) mass is 464 g/mol. The van der Waals surface area contributed by atoms with Crippen LogP contribution in [0.1, 0.15) is 21.9 Å². The molecule has 0 N–H and O–H groups in total. The number of anilines is 1. The Labute approximate surface area is 195 Å². The van der Waals surface area contributed by atoms with Crippen LogP contribution in [-0.2, 0) is 0 Å². The zero-order chi connectivity index (χ0) is 23.1. The van der Waals surface area contributed by atoms with Crippen LogP contribution in [-0.4, -0.2) is 56.7 Å². The number of piperazine rings is 1. The summed E-state index contributed by atoms with van der Waals surface area (Å²) in [5, 5.41) is 6.18. The Hall–Kier alpha value is -3.52. The van der Waals surface area contributed by atoms with Gasteiger partial charge in [0.2, 0.25) is 0 Å². The number of carbonyl (C=O) groups is 1. The molecule has 9 heteroatoms. The van der Waals surface area contributed by atoms with Crippen LogP contribution in [0.5, 0.6) is 0 Å². The van der Waals surface area contributed by atoms with E-state index in [2.05, 4.69) is 9.88 Å². The molecule has 3 heterocycles. The second-order valence-electron chi connectivity index (χ2n) is 8.03. The molecule has 1 aliphatic heterocycles. The number of rotatable bonds is 3.